The Morgan fingerprint density at radius 1 is 1.19 bits per heavy atom. The fraction of sp³-hybridized carbons (Fsp3) is 0. The largest absolute Gasteiger partial charge is 0.423 e. The first kappa shape index (κ1) is 11.3. The van der Waals surface area contributed by atoms with Crippen molar-refractivity contribution in [3.63, 3.8) is 0 Å². The maximum absolute atomic E-state index is 5.73. The number of rotatable bonds is 1. The van der Waals surface area contributed by atoms with Gasteiger partial charge in [-0.05, 0) is 35.9 Å². The molecule has 1 aliphatic rings. The number of hydrogen-bond donors (Lipinski definition) is 1. The van der Waals surface area contributed by atoms with E-state index in [4.69, 9.17) is 39.7 Å². The van der Waals surface area contributed by atoms with Crippen molar-refractivity contribution in [1.82, 2.24) is 10.1 Å². The lowest BCUT2D eigenvalue weighted by Gasteiger charge is -2.16. The van der Waals surface area contributed by atoms with Crippen LogP contribution in [0.4, 0.5) is 0 Å². The molecule has 0 saturated heterocycles. The van der Waals surface area contributed by atoms with Crippen molar-refractivity contribution >= 4 is 46.3 Å². The van der Waals surface area contributed by atoms with E-state index in [0.717, 1.165) is 4.64 Å². The van der Waals surface area contributed by atoms with E-state index in [1.807, 2.05) is 0 Å². The zero-order valence-corrected chi connectivity index (χ0v) is 9.96. The number of ether oxygens (including phenoxy) is 1. The number of amidine groups is 2. The predicted octanol–water partition coefficient (Wildman–Crippen LogP) is 2.56. The summed E-state index contributed by atoms with van der Waals surface area (Å²) in [5.41, 5.74) is 2.43. The lowest BCUT2D eigenvalue weighted by Crippen LogP contribution is -2.35. The van der Waals surface area contributed by atoms with Crippen molar-refractivity contribution in [1.29, 1.82) is 0 Å². The highest BCUT2D eigenvalue weighted by Crippen LogP contribution is 2.16. The van der Waals surface area contributed by atoms with E-state index in [0.29, 0.717) is 10.8 Å². The average molecular weight is 280 g/mol. The molecule has 0 amide bonds. The van der Waals surface area contributed by atoms with E-state index in [9.17, 15) is 0 Å². The summed E-state index contributed by atoms with van der Waals surface area (Å²) in [6.45, 7) is 0. The maximum atomic E-state index is 5.73. The number of nitrogens with one attached hydrogen (secondary N) is 1. The van der Waals surface area contributed by atoms with E-state index in [1.54, 1.807) is 24.3 Å². The molecule has 1 heterocycles. The zero-order chi connectivity index (χ0) is 11.5. The lowest BCUT2D eigenvalue weighted by atomic mass is 10.3. The summed E-state index contributed by atoms with van der Waals surface area (Å²) in [7, 11) is 0. The number of aliphatic imine (C=N–C) groups is 1. The Labute approximate surface area is 106 Å². The SMILES string of the molecule is ClC1=NC(Oc2ccc(Cl)cc2)=NN(Cl)N1. The Morgan fingerprint density at radius 2 is 1.88 bits per heavy atom. The van der Waals surface area contributed by atoms with Crippen molar-refractivity contribution in [3.8, 4) is 5.75 Å². The first-order valence-electron chi connectivity index (χ1n) is 4.12. The van der Waals surface area contributed by atoms with Crippen molar-refractivity contribution in [2.75, 3.05) is 0 Å². The quantitative estimate of drug-likeness (QED) is 0.635. The van der Waals surface area contributed by atoms with Gasteiger partial charge < -0.3 is 4.74 Å². The smallest absolute Gasteiger partial charge is 0.344 e. The van der Waals surface area contributed by atoms with E-state index in [1.165, 1.54) is 0 Å². The van der Waals surface area contributed by atoms with Crippen LogP contribution in [-0.4, -0.2) is 16.0 Å². The fourth-order valence-electron chi connectivity index (χ4n) is 0.959. The second-order valence-corrected chi connectivity index (χ2v) is 3.83. The summed E-state index contributed by atoms with van der Waals surface area (Å²) in [5.74, 6) is 0.531. The highest BCUT2D eigenvalue weighted by atomic mass is 35.5. The van der Waals surface area contributed by atoms with Gasteiger partial charge >= 0.3 is 6.02 Å². The van der Waals surface area contributed by atoms with E-state index >= 15 is 0 Å². The van der Waals surface area contributed by atoms with Crippen LogP contribution in [0.3, 0.4) is 0 Å². The van der Waals surface area contributed by atoms with Crippen LogP contribution in [0, 0.1) is 0 Å². The van der Waals surface area contributed by atoms with Gasteiger partial charge in [-0.15, -0.1) is 4.64 Å². The summed E-state index contributed by atoms with van der Waals surface area (Å²) in [5, 5.41) is 4.40. The van der Waals surface area contributed by atoms with Gasteiger partial charge in [0, 0.05) is 5.02 Å². The van der Waals surface area contributed by atoms with Crippen LogP contribution in [-0.2, 0) is 0 Å². The number of benzene rings is 1. The standard InChI is InChI=1S/C8H5Cl3N4O/c9-5-1-3-6(4-2-5)16-8-12-7(10)13-15(11)14-8/h1-4H,(H,12,13,14). The van der Waals surface area contributed by atoms with Crippen LogP contribution in [0.15, 0.2) is 34.4 Å². The minimum Gasteiger partial charge on any atom is -0.423 e. The molecule has 0 bridgehead atoms. The molecule has 84 valence electrons. The molecule has 0 unspecified atom stereocenters. The molecule has 0 saturated carbocycles. The summed E-state index contributed by atoms with van der Waals surface area (Å²) in [6, 6.07) is 6.75. The molecule has 0 atom stereocenters. The molecule has 0 radical (unpaired) electrons. The normalized spacial score (nSPS) is 15.1. The zero-order valence-electron chi connectivity index (χ0n) is 7.69. The second kappa shape index (κ2) is 4.78. The van der Waals surface area contributed by atoms with Gasteiger partial charge in [-0.1, -0.05) is 16.7 Å². The summed E-state index contributed by atoms with van der Waals surface area (Å²) in [4.78, 5) is 3.79. The summed E-state index contributed by atoms with van der Waals surface area (Å²) in [6.07, 6.45) is 0. The second-order valence-electron chi connectivity index (χ2n) is 2.71. The van der Waals surface area contributed by atoms with Crippen molar-refractivity contribution in [2.45, 2.75) is 0 Å². The van der Waals surface area contributed by atoms with Crippen molar-refractivity contribution in [3.05, 3.63) is 29.3 Å². The van der Waals surface area contributed by atoms with Gasteiger partial charge in [0.2, 0.25) is 5.29 Å². The fourth-order valence-corrected chi connectivity index (χ4v) is 1.43. The minimum atomic E-state index is 0.0288. The van der Waals surface area contributed by atoms with Gasteiger partial charge in [0.05, 0.1) is 11.8 Å². The first-order valence-corrected chi connectivity index (χ1v) is 5.22. The molecule has 1 aromatic rings. The number of hydrazine groups is 1. The lowest BCUT2D eigenvalue weighted by molar-refractivity contribution is 0.404. The van der Waals surface area contributed by atoms with Crippen LogP contribution in [0.5, 0.6) is 5.75 Å². The number of hydrazone groups is 1. The molecule has 0 aliphatic carbocycles. The monoisotopic (exact) mass is 278 g/mol. The summed E-state index contributed by atoms with van der Waals surface area (Å²) < 4.78 is 6.18. The third-order valence-electron chi connectivity index (χ3n) is 1.57. The van der Waals surface area contributed by atoms with E-state index < -0.39 is 0 Å². The maximum Gasteiger partial charge on any atom is 0.344 e. The Bertz CT molecular complexity index is 445. The number of hydrogen-bond acceptors (Lipinski definition) is 5. The van der Waals surface area contributed by atoms with Crippen LogP contribution in [0.2, 0.25) is 5.02 Å². The molecule has 0 fully saturated rings. The first-order chi connectivity index (χ1) is 7.63. The topological polar surface area (TPSA) is 49.2 Å². The van der Waals surface area contributed by atoms with Gasteiger partial charge in [-0.2, -0.15) is 4.99 Å². The Kier molecular flexibility index (Phi) is 3.38. The molecule has 0 spiro atoms. The predicted molar refractivity (Wildman–Crippen MR) is 63.6 cm³/mol. The van der Waals surface area contributed by atoms with Gasteiger partial charge in [-0.25, -0.2) is 5.43 Å². The molecule has 16 heavy (non-hydrogen) atoms. The minimum absolute atomic E-state index is 0.0288. The van der Waals surface area contributed by atoms with E-state index in [-0.39, 0.29) is 11.3 Å². The molecular weight excluding hydrogens is 274 g/mol. The Hall–Kier alpha value is -1.17. The Morgan fingerprint density at radius 3 is 2.50 bits per heavy atom. The molecule has 5 nitrogen and oxygen atoms in total. The van der Waals surface area contributed by atoms with Crippen LogP contribution < -0.4 is 10.2 Å². The van der Waals surface area contributed by atoms with Crippen LogP contribution >= 0.6 is 35.0 Å². The Balaban J connectivity index is 2.13. The van der Waals surface area contributed by atoms with Gasteiger partial charge in [0.1, 0.15) is 5.75 Å². The van der Waals surface area contributed by atoms with Gasteiger partial charge in [0.25, 0.3) is 0 Å². The number of nitrogens with zero attached hydrogens (tertiary/aromatic N) is 3. The highest BCUT2D eigenvalue weighted by Gasteiger charge is 2.12. The molecule has 0 aromatic heterocycles. The molecule has 1 aliphatic heterocycles. The van der Waals surface area contributed by atoms with Crippen molar-refractivity contribution in [2.24, 2.45) is 10.1 Å². The highest BCUT2D eigenvalue weighted by molar-refractivity contribution is 6.65. The molecule has 1 N–H and O–H groups in total. The van der Waals surface area contributed by atoms with Gasteiger partial charge in [0.15, 0.2) is 0 Å². The molecule has 1 aromatic carbocycles. The van der Waals surface area contributed by atoms with E-state index in [2.05, 4.69) is 15.5 Å². The molecule has 2 rings (SSSR count). The molecular formula is C8H5Cl3N4O. The third kappa shape index (κ3) is 2.91. The van der Waals surface area contributed by atoms with Crippen LogP contribution in [0.1, 0.15) is 0 Å². The summed E-state index contributed by atoms with van der Waals surface area (Å²) >= 11 is 16.9. The molecule has 8 heteroatoms. The van der Waals surface area contributed by atoms with Crippen LogP contribution in [0.25, 0.3) is 0 Å². The van der Waals surface area contributed by atoms with Crippen molar-refractivity contribution < 1.29 is 4.74 Å². The number of halogens is 3. The third-order valence-corrected chi connectivity index (χ3v) is 2.16. The van der Waals surface area contributed by atoms with Gasteiger partial charge in [-0.3, -0.25) is 0 Å². The average Bonchev–Trinajstić information content (AvgIpc) is 2.20.